The van der Waals surface area contributed by atoms with E-state index in [2.05, 4.69) is 31.1 Å². The molecule has 0 amide bonds. The summed E-state index contributed by atoms with van der Waals surface area (Å²) in [5.41, 5.74) is 0.905. The smallest absolute Gasteiger partial charge is 0.394 e. The van der Waals surface area contributed by atoms with Crippen molar-refractivity contribution in [2.24, 2.45) is 5.92 Å². The molecule has 2 unspecified atom stereocenters. The fraction of sp³-hybridized carbons (Fsp3) is 0.786. The molecule has 0 aromatic carbocycles. The van der Waals surface area contributed by atoms with Crippen LogP contribution in [0.1, 0.15) is 52.1 Å². The van der Waals surface area contributed by atoms with Crippen LogP contribution in [0.3, 0.4) is 0 Å². The summed E-state index contributed by atoms with van der Waals surface area (Å²) in [4.78, 5) is 4.35. The number of nitrogens with zero attached hydrogens (tertiary/aromatic N) is 1. The van der Waals surface area contributed by atoms with E-state index >= 15 is 0 Å². The fourth-order valence-corrected chi connectivity index (χ4v) is 2.36. The van der Waals surface area contributed by atoms with Gasteiger partial charge in [0.2, 0.25) is 0 Å². The minimum Gasteiger partial charge on any atom is -0.447 e. The molecule has 2 atom stereocenters. The minimum absolute atomic E-state index is 0.276. The van der Waals surface area contributed by atoms with Crippen LogP contribution in [-0.2, 0) is 6.54 Å². The standard InChI is InChI=1S/C14H24N2O2/c1-10(2)15-8-12-9-17-14(16-12)18-13-6-4-5-11(3)7-13/h9-11,13,15H,4-8H2,1-3H3. The van der Waals surface area contributed by atoms with Crippen molar-refractivity contribution in [1.82, 2.24) is 10.3 Å². The molecule has 4 nitrogen and oxygen atoms in total. The molecule has 4 heteroatoms. The van der Waals surface area contributed by atoms with Crippen molar-refractivity contribution in [3.63, 3.8) is 0 Å². The monoisotopic (exact) mass is 252 g/mol. The highest BCUT2D eigenvalue weighted by Gasteiger charge is 2.21. The van der Waals surface area contributed by atoms with Crippen LogP contribution >= 0.6 is 0 Å². The molecule has 0 bridgehead atoms. The van der Waals surface area contributed by atoms with Gasteiger partial charge in [-0.1, -0.05) is 27.2 Å². The van der Waals surface area contributed by atoms with E-state index in [0.717, 1.165) is 31.0 Å². The molecule has 1 aliphatic carbocycles. The highest BCUT2D eigenvalue weighted by Crippen LogP contribution is 2.27. The van der Waals surface area contributed by atoms with Gasteiger partial charge in [0, 0.05) is 12.6 Å². The Balaban J connectivity index is 1.82. The summed E-state index contributed by atoms with van der Waals surface area (Å²) in [5.74, 6) is 0.751. The topological polar surface area (TPSA) is 47.3 Å². The predicted octanol–water partition coefficient (Wildman–Crippen LogP) is 3.13. The Morgan fingerprint density at radius 3 is 3.06 bits per heavy atom. The second-order valence-electron chi connectivity index (χ2n) is 5.65. The van der Waals surface area contributed by atoms with Crippen LogP contribution in [0.25, 0.3) is 0 Å². The first-order valence-electron chi connectivity index (χ1n) is 6.98. The van der Waals surface area contributed by atoms with Crippen molar-refractivity contribution in [2.45, 2.75) is 65.1 Å². The zero-order valence-corrected chi connectivity index (χ0v) is 11.6. The number of oxazole rings is 1. The van der Waals surface area contributed by atoms with Crippen molar-refractivity contribution < 1.29 is 9.15 Å². The van der Waals surface area contributed by atoms with Gasteiger partial charge in [0.1, 0.15) is 12.4 Å². The van der Waals surface area contributed by atoms with Crippen molar-refractivity contribution in [3.05, 3.63) is 12.0 Å². The molecule has 0 spiro atoms. The summed E-state index contributed by atoms with van der Waals surface area (Å²) in [5, 5.41) is 3.31. The summed E-state index contributed by atoms with van der Waals surface area (Å²) in [7, 11) is 0. The fourth-order valence-electron chi connectivity index (χ4n) is 2.36. The van der Waals surface area contributed by atoms with Crippen molar-refractivity contribution >= 4 is 0 Å². The maximum atomic E-state index is 5.81. The van der Waals surface area contributed by atoms with Gasteiger partial charge in [-0.15, -0.1) is 0 Å². The molecule has 0 saturated heterocycles. The van der Waals surface area contributed by atoms with Crippen LogP contribution in [0.4, 0.5) is 0 Å². The second-order valence-corrected chi connectivity index (χ2v) is 5.65. The van der Waals surface area contributed by atoms with Gasteiger partial charge < -0.3 is 14.5 Å². The Kier molecular flexibility index (Phi) is 4.64. The third-order valence-electron chi connectivity index (χ3n) is 3.38. The average Bonchev–Trinajstić information content (AvgIpc) is 2.74. The summed E-state index contributed by atoms with van der Waals surface area (Å²) >= 11 is 0. The van der Waals surface area contributed by atoms with Crippen molar-refractivity contribution in [1.29, 1.82) is 0 Å². The average molecular weight is 252 g/mol. The van der Waals surface area contributed by atoms with Gasteiger partial charge in [-0.05, 0) is 25.2 Å². The first kappa shape index (κ1) is 13.4. The molecule has 0 aliphatic heterocycles. The Morgan fingerprint density at radius 2 is 2.33 bits per heavy atom. The van der Waals surface area contributed by atoms with Crippen LogP contribution in [0.2, 0.25) is 0 Å². The molecule has 1 fully saturated rings. The molecule has 1 aromatic heterocycles. The molecule has 102 valence electrons. The lowest BCUT2D eigenvalue weighted by molar-refractivity contribution is 0.0938. The molecule has 1 N–H and O–H groups in total. The van der Waals surface area contributed by atoms with Crippen molar-refractivity contribution in [2.75, 3.05) is 0 Å². The van der Waals surface area contributed by atoms with Crippen LogP contribution in [0.5, 0.6) is 6.08 Å². The number of hydrogen-bond donors (Lipinski definition) is 1. The lowest BCUT2D eigenvalue weighted by Crippen LogP contribution is -2.24. The lowest BCUT2D eigenvalue weighted by atomic mass is 9.89. The SMILES string of the molecule is CC1CCCC(Oc2nc(CNC(C)C)co2)C1. The Morgan fingerprint density at radius 1 is 1.50 bits per heavy atom. The quantitative estimate of drug-likeness (QED) is 0.874. The van der Waals surface area contributed by atoms with Crippen LogP contribution in [-0.4, -0.2) is 17.1 Å². The number of rotatable bonds is 5. The van der Waals surface area contributed by atoms with Crippen LogP contribution in [0, 0.1) is 5.92 Å². The van der Waals surface area contributed by atoms with E-state index in [1.54, 1.807) is 6.26 Å². The maximum Gasteiger partial charge on any atom is 0.394 e. The molecule has 1 heterocycles. The summed E-state index contributed by atoms with van der Waals surface area (Å²) in [6, 6.07) is 0.449. The molecule has 2 rings (SSSR count). The summed E-state index contributed by atoms with van der Waals surface area (Å²) in [6.07, 6.45) is 7.17. The Labute approximate surface area is 109 Å². The molecular formula is C14H24N2O2. The number of aromatic nitrogens is 1. The zero-order valence-electron chi connectivity index (χ0n) is 11.6. The molecule has 18 heavy (non-hydrogen) atoms. The van der Waals surface area contributed by atoms with Gasteiger partial charge >= 0.3 is 6.08 Å². The largest absolute Gasteiger partial charge is 0.447 e. The second kappa shape index (κ2) is 6.23. The Hall–Kier alpha value is -1.03. The minimum atomic E-state index is 0.276. The van der Waals surface area contributed by atoms with Gasteiger partial charge in [-0.2, -0.15) is 4.98 Å². The van der Waals surface area contributed by atoms with E-state index in [1.807, 2.05) is 0 Å². The molecule has 1 aromatic rings. The number of ether oxygens (including phenoxy) is 1. The highest BCUT2D eigenvalue weighted by molar-refractivity contribution is 5.00. The third kappa shape index (κ3) is 4.02. The van der Waals surface area contributed by atoms with Gasteiger partial charge in [0.05, 0.1) is 5.69 Å². The van der Waals surface area contributed by atoms with Gasteiger partial charge in [0.15, 0.2) is 0 Å². The molecule has 1 saturated carbocycles. The third-order valence-corrected chi connectivity index (χ3v) is 3.38. The van der Waals surface area contributed by atoms with Gasteiger partial charge in [-0.3, -0.25) is 0 Å². The molecule has 1 aliphatic rings. The van der Waals surface area contributed by atoms with E-state index in [0.29, 0.717) is 12.1 Å². The highest BCUT2D eigenvalue weighted by atomic mass is 16.6. The van der Waals surface area contributed by atoms with E-state index < -0.39 is 0 Å². The first-order chi connectivity index (χ1) is 8.63. The normalized spacial score (nSPS) is 24.4. The Bertz CT molecular complexity index is 362. The van der Waals surface area contributed by atoms with Crippen LogP contribution < -0.4 is 10.1 Å². The van der Waals surface area contributed by atoms with E-state index in [4.69, 9.17) is 9.15 Å². The molecular weight excluding hydrogens is 228 g/mol. The lowest BCUT2D eigenvalue weighted by Gasteiger charge is -2.25. The van der Waals surface area contributed by atoms with Crippen molar-refractivity contribution in [3.8, 4) is 6.08 Å². The first-order valence-corrected chi connectivity index (χ1v) is 6.98. The summed E-state index contributed by atoms with van der Waals surface area (Å²) in [6.45, 7) is 7.23. The predicted molar refractivity (Wildman–Crippen MR) is 70.5 cm³/mol. The van der Waals surface area contributed by atoms with E-state index in [-0.39, 0.29) is 6.10 Å². The van der Waals surface area contributed by atoms with E-state index in [9.17, 15) is 0 Å². The van der Waals surface area contributed by atoms with Gasteiger partial charge in [0.25, 0.3) is 0 Å². The number of hydrogen-bond acceptors (Lipinski definition) is 4. The zero-order chi connectivity index (χ0) is 13.0. The summed E-state index contributed by atoms with van der Waals surface area (Å²) < 4.78 is 11.2. The van der Waals surface area contributed by atoms with Gasteiger partial charge in [-0.25, -0.2) is 0 Å². The molecule has 0 radical (unpaired) electrons. The van der Waals surface area contributed by atoms with Crippen LogP contribution in [0.15, 0.2) is 10.7 Å². The number of nitrogens with one attached hydrogen (secondary N) is 1. The maximum absolute atomic E-state index is 5.81. The van der Waals surface area contributed by atoms with E-state index in [1.165, 1.54) is 12.8 Å².